The van der Waals surface area contributed by atoms with E-state index in [1.54, 1.807) is 29.9 Å². The van der Waals surface area contributed by atoms with Gasteiger partial charge in [-0.25, -0.2) is 24.7 Å². The topological polar surface area (TPSA) is 342 Å². The molecule has 75 heavy (non-hydrogen) atoms. The molecule has 3 aliphatic carbocycles. The standard InChI is InChI=1S/C48H68N20O7/c1-64-19-31(51-23-64)9-13-49-46-60-42(38-44(62-46)67(25-53-38)33-8-7-30(17-33)55-36(71)21-69)56-27-3-5-28(6-4-27)58-48(75)66-15-11-29(12-16-66)57-43-39-45(63-47(61-43)50-14-10-32-20-65(2)24-52-32)68(26-54-39)35-18-34(40(73)41(35)74)59-37(72)22-70/h19-20,23-30,33-35,40-41,69-70,73-74H,3-18,21-22H2,1-2H3,(H,55,71)(H,58,75)(H,59,72)(H2,49,56,60,62)(H2,50,57,61,63)/t27?,28?,30-,33+,34+,35-,40-,41+/m1/s1. The van der Waals surface area contributed by atoms with Crippen molar-refractivity contribution in [2.45, 2.75) is 132 Å². The van der Waals surface area contributed by atoms with Crippen molar-refractivity contribution in [1.82, 2.24) is 79.0 Å². The van der Waals surface area contributed by atoms with Crippen molar-refractivity contribution in [1.29, 1.82) is 0 Å². The van der Waals surface area contributed by atoms with E-state index in [1.165, 1.54) is 0 Å². The van der Waals surface area contributed by atoms with Gasteiger partial charge in [-0.1, -0.05) is 0 Å². The van der Waals surface area contributed by atoms with Crippen LogP contribution in [0.25, 0.3) is 22.3 Å². The Balaban J connectivity index is 0.751. The molecule has 0 aromatic carbocycles. The smallest absolute Gasteiger partial charge is 0.317 e. The molecular weight excluding hydrogens is 969 g/mol. The minimum absolute atomic E-state index is 0.00946. The molecule has 3 saturated carbocycles. The maximum Gasteiger partial charge on any atom is 0.317 e. The maximum absolute atomic E-state index is 13.8. The van der Waals surface area contributed by atoms with Crippen LogP contribution in [0.2, 0.25) is 0 Å². The fraction of sp³-hybridized carbons (Fsp3) is 0.604. The van der Waals surface area contributed by atoms with Crippen LogP contribution in [0.15, 0.2) is 37.7 Å². The Hall–Kier alpha value is -7.23. The van der Waals surface area contributed by atoms with Crippen molar-refractivity contribution in [3.63, 3.8) is 0 Å². The van der Waals surface area contributed by atoms with Gasteiger partial charge in [-0.15, -0.1) is 0 Å². The molecule has 4 fully saturated rings. The number of fused-ring (bicyclic) bond motifs is 2. The number of aliphatic hydroxyl groups is 4. The highest BCUT2D eigenvalue weighted by Gasteiger charge is 2.44. The Kier molecular flexibility index (Phi) is 15.5. The van der Waals surface area contributed by atoms with E-state index in [0.717, 1.165) is 49.9 Å². The molecule has 4 aliphatic rings. The molecule has 0 unspecified atom stereocenters. The molecule has 11 N–H and O–H groups in total. The first-order valence-electron chi connectivity index (χ1n) is 26.0. The van der Waals surface area contributed by atoms with Crippen molar-refractivity contribution >= 4 is 63.7 Å². The van der Waals surface area contributed by atoms with E-state index in [4.69, 9.17) is 24.9 Å². The van der Waals surface area contributed by atoms with Gasteiger partial charge in [0.2, 0.25) is 23.7 Å². The summed E-state index contributed by atoms with van der Waals surface area (Å²) >= 11 is 0. The zero-order chi connectivity index (χ0) is 52.2. The summed E-state index contributed by atoms with van der Waals surface area (Å²) in [5, 5.41) is 63.3. The number of hydrogen-bond donors (Lipinski definition) is 11. The van der Waals surface area contributed by atoms with Gasteiger partial charge in [0.1, 0.15) is 25.4 Å². The molecule has 10 rings (SSSR count). The molecule has 27 nitrogen and oxygen atoms in total. The summed E-state index contributed by atoms with van der Waals surface area (Å²) in [6, 6.07) is -1.46. The molecule has 6 atom stereocenters. The Bertz CT molecular complexity index is 2940. The summed E-state index contributed by atoms with van der Waals surface area (Å²) in [4.78, 5) is 77.4. The number of aromatic nitrogens is 12. The molecule has 0 radical (unpaired) electrons. The molecule has 4 amide bonds. The number of aliphatic hydroxyl groups excluding tert-OH is 4. The van der Waals surface area contributed by atoms with E-state index in [-0.39, 0.29) is 48.6 Å². The first-order valence-corrected chi connectivity index (χ1v) is 26.0. The fourth-order valence-corrected chi connectivity index (χ4v) is 11.1. The third kappa shape index (κ3) is 11.8. The number of carbonyl (C=O) groups excluding carboxylic acids is 3. The molecule has 402 valence electrons. The van der Waals surface area contributed by atoms with Crippen LogP contribution < -0.4 is 37.2 Å². The predicted molar refractivity (Wildman–Crippen MR) is 274 cm³/mol. The van der Waals surface area contributed by atoms with Gasteiger partial charge in [-0.2, -0.15) is 19.9 Å². The highest BCUT2D eigenvalue weighted by molar-refractivity contribution is 5.86. The first kappa shape index (κ1) is 51.3. The van der Waals surface area contributed by atoms with Gasteiger partial charge in [0.05, 0.1) is 48.8 Å². The minimum atomic E-state index is -1.27. The molecule has 0 spiro atoms. The Morgan fingerprint density at radius 1 is 0.587 bits per heavy atom. The molecule has 6 aromatic rings. The molecule has 6 aromatic heterocycles. The van der Waals surface area contributed by atoms with Crippen LogP contribution in [0.1, 0.15) is 87.7 Å². The summed E-state index contributed by atoms with van der Waals surface area (Å²) in [5.41, 5.74) is 4.13. The second-order valence-electron chi connectivity index (χ2n) is 20.4. The van der Waals surface area contributed by atoms with Gasteiger partial charge >= 0.3 is 6.03 Å². The van der Waals surface area contributed by atoms with Gasteiger partial charge in [0.25, 0.3) is 0 Å². The van der Waals surface area contributed by atoms with E-state index in [0.29, 0.717) is 104 Å². The van der Waals surface area contributed by atoms with E-state index in [1.807, 2.05) is 40.5 Å². The van der Waals surface area contributed by atoms with E-state index < -0.39 is 43.4 Å². The quantitative estimate of drug-likeness (QED) is 0.0512. The lowest BCUT2D eigenvalue weighted by atomic mass is 9.91. The highest BCUT2D eigenvalue weighted by Crippen LogP contribution is 2.36. The number of piperidine rings is 1. The number of imidazole rings is 4. The van der Waals surface area contributed by atoms with E-state index in [9.17, 15) is 34.8 Å². The average Bonchev–Trinajstić information content (AvgIpc) is 4.30. The third-order valence-electron chi connectivity index (χ3n) is 15.0. The normalized spacial score (nSPS) is 24.2. The summed E-state index contributed by atoms with van der Waals surface area (Å²) in [6.07, 6.45) is 16.6. The number of nitrogens with one attached hydrogen (secondary N) is 7. The number of aryl methyl sites for hydroxylation is 2. The SMILES string of the molecule is Cn1cnc(CCNc2nc(NC3CCC(NC(=O)N4CCC(Nc5nc(NCCc6cn(C)cn6)nc6c5ncn6[C@@H]5C[C@H](NC(=O)CO)[C@@H](O)[C@H]5O)CC4)CC3)c3ncn([C@H]4CC[C@@H](NC(=O)CO)C4)c3n2)c1. The van der Waals surface area contributed by atoms with Gasteiger partial charge in [-0.05, 0) is 64.2 Å². The van der Waals surface area contributed by atoms with Crippen LogP contribution in [0.5, 0.6) is 0 Å². The monoisotopic (exact) mass is 1040 g/mol. The van der Waals surface area contributed by atoms with Crippen LogP contribution in [-0.4, -0.2) is 183 Å². The molecule has 7 heterocycles. The van der Waals surface area contributed by atoms with Crippen molar-refractivity contribution < 1.29 is 34.8 Å². The molecule has 27 heteroatoms. The molecule has 1 saturated heterocycles. The number of nitrogens with zero attached hydrogens (tertiary/aromatic N) is 13. The van der Waals surface area contributed by atoms with Crippen LogP contribution in [0.4, 0.5) is 28.3 Å². The van der Waals surface area contributed by atoms with Gasteiger partial charge in [0.15, 0.2) is 34.0 Å². The van der Waals surface area contributed by atoms with Crippen molar-refractivity contribution in [3.05, 3.63) is 49.1 Å². The zero-order valence-corrected chi connectivity index (χ0v) is 42.2. The van der Waals surface area contributed by atoms with Crippen molar-refractivity contribution in [2.75, 3.05) is 60.7 Å². The number of hydrogen-bond acceptors (Lipinski definition) is 19. The Labute approximate surface area is 431 Å². The summed E-state index contributed by atoms with van der Waals surface area (Å²) in [6.45, 7) is 0.848. The zero-order valence-electron chi connectivity index (χ0n) is 42.2. The van der Waals surface area contributed by atoms with E-state index in [2.05, 4.69) is 56.7 Å². The van der Waals surface area contributed by atoms with Crippen LogP contribution >= 0.6 is 0 Å². The lowest BCUT2D eigenvalue weighted by molar-refractivity contribution is -0.125. The number of carbonyl (C=O) groups is 3. The number of amides is 4. The van der Waals surface area contributed by atoms with Crippen LogP contribution in [0, 0.1) is 0 Å². The van der Waals surface area contributed by atoms with Crippen molar-refractivity contribution in [2.24, 2.45) is 14.1 Å². The largest absolute Gasteiger partial charge is 0.388 e. The fourth-order valence-electron chi connectivity index (χ4n) is 11.1. The Morgan fingerprint density at radius 3 is 1.69 bits per heavy atom. The van der Waals surface area contributed by atoms with E-state index >= 15 is 0 Å². The summed E-state index contributed by atoms with van der Waals surface area (Å²) in [7, 11) is 3.85. The van der Waals surface area contributed by atoms with Crippen LogP contribution in [-0.2, 0) is 36.5 Å². The lowest BCUT2D eigenvalue weighted by Crippen LogP contribution is -2.50. The third-order valence-corrected chi connectivity index (χ3v) is 15.0. The summed E-state index contributed by atoms with van der Waals surface area (Å²) < 4.78 is 7.57. The van der Waals surface area contributed by atoms with Gasteiger partial charge in [0, 0.05) is 95.7 Å². The average molecular weight is 1040 g/mol. The number of urea groups is 1. The Morgan fingerprint density at radius 2 is 1.12 bits per heavy atom. The summed E-state index contributed by atoms with van der Waals surface area (Å²) in [5.74, 6) is 0.912. The first-order chi connectivity index (χ1) is 36.4. The number of rotatable bonds is 19. The van der Waals surface area contributed by atoms with Gasteiger partial charge < -0.3 is 80.8 Å². The highest BCUT2D eigenvalue weighted by atomic mass is 16.3. The molecular formula is C48H68N20O7. The van der Waals surface area contributed by atoms with Crippen molar-refractivity contribution in [3.8, 4) is 0 Å². The number of anilines is 4. The van der Waals surface area contributed by atoms with Gasteiger partial charge in [-0.3, -0.25) is 9.59 Å². The molecule has 0 bridgehead atoms. The number of likely N-dealkylation sites (tertiary alicyclic amines) is 1. The maximum atomic E-state index is 13.8. The molecule has 1 aliphatic heterocycles. The van der Waals surface area contributed by atoms with Crippen LogP contribution in [0.3, 0.4) is 0 Å². The second-order valence-corrected chi connectivity index (χ2v) is 20.4. The minimum Gasteiger partial charge on any atom is -0.388 e. The predicted octanol–water partition coefficient (Wildman–Crippen LogP) is 0.0972. The second kappa shape index (κ2) is 22.7. The lowest BCUT2D eigenvalue weighted by Gasteiger charge is -2.35.